The molecule has 1 N–H and O–H groups in total. The Kier molecular flexibility index (Phi) is 6.08. The molecule has 31 heavy (non-hydrogen) atoms. The summed E-state index contributed by atoms with van der Waals surface area (Å²) in [5.41, 5.74) is 2.86. The van der Waals surface area contributed by atoms with Gasteiger partial charge in [0.25, 0.3) is 0 Å². The molecule has 0 saturated heterocycles. The highest BCUT2D eigenvalue weighted by atomic mass is 19.1. The molecular weight excluding hydrogens is 391 g/mol. The number of allylic oxidation sites excluding steroid dienone is 1. The second kappa shape index (κ2) is 9.26. The predicted octanol–water partition coefficient (Wildman–Crippen LogP) is 6.52. The minimum absolute atomic E-state index is 0.0910. The first kappa shape index (κ1) is 20.4. The Bertz CT molecular complexity index is 1240. The van der Waals surface area contributed by atoms with Crippen molar-refractivity contribution in [3.05, 3.63) is 114 Å². The summed E-state index contributed by atoms with van der Waals surface area (Å²) in [6, 6.07) is 25.4. The number of halogens is 1. The van der Waals surface area contributed by atoms with Gasteiger partial charge in [0.2, 0.25) is 0 Å². The fourth-order valence-electron chi connectivity index (χ4n) is 3.53. The lowest BCUT2D eigenvalue weighted by molar-refractivity contribution is 0.0693. The van der Waals surface area contributed by atoms with E-state index in [1.807, 2.05) is 30.4 Å². The smallest absolute Gasteiger partial charge is 0.339 e. The van der Waals surface area contributed by atoms with E-state index in [1.165, 1.54) is 34.5 Å². The van der Waals surface area contributed by atoms with Gasteiger partial charge in [-0.2, -0.15) is 0 Å². The van der Waals surface area contributed by atoms with Crippen molar-refractivity contribution in [2.24, 2.45) is 0 Å². The molecule has 0 aromatic heterocycles. The van der Waals surface area contributed by atoms with Crippen molar-refractivity contribution in [1.29, 1.82) is 0 Å². The lowest BCUT2D eigenvalue weighted by Crippen LogP contribution is -2.03. The summed E-state index contributed by atoms with van der Waals surface area (Å²) >= 11 is 0. The van der Waals surface area contributed by atoms with E-state index in [1.54, 1.807) is 24.3 Å². The third-order valence-corrected chi connectivity index (χ3v) is 5.11. The van der Waals surface area contributed by atoms with Crippen molar-refractivity contribution in [2.75, 3.05) is 6.61 Å². The van der Waals surface area contributed by atoms with Crippen molar-refractivity contribution < 1.29 is 19.0 Å². The molecule has 0 aliphatic carbocycles. The molecule has 0 unspecified atom stereocenters. The largest absolute Gasteiger partial charge is 0.489 e. The summed E-state index contributed by atoms with van der Waals surface area (Å²) in [7, 11) is 0. The SMILES string of the molecule is O=C(O)c1ccc(-c2ccc(F)cc2)cc1OCC=CCc1cccc2ccccc12. The van der Waals surface area contributed by atoms with E-state index >= 15 is 0 Å². The summed E-state index contributed by atoms with van der Waals surface area (Å²) in [6.07, 6.45) is 4.66. The summed E-state index contributed by atoms with van der Waals surface area (Å²) in [6.45, 7) is 0.248. The lowest BCUT2D eigenvalue weighted by atomic mass is 10.0. The Hall–Kier alpha value is -3.92. The van der Waals surface area contributed by atoms with E-state index in [4.69, 9.17) is 4.74 Å². The standard InChI is InChI=1S/C27H21FO3/c28-23-14-11-19(12-15-23)22-13-16-25(27(29)30)26(18-22)31-17-4-3-7-21-9-5-8-20-6-1-2-10-24(20)21/h1-6,8-16,18H,7,17H2,(H,29,30). The van der Waals surface area contributed by atoms with E-state index in [9.17, 15) is 14.3 Å². The van der Waals surface area contributed by atoms with Crippen LogP contribution in [0.2, 0.25) is 0 Å². The number of rotatable bonds is 7. The summed E-state index contributed by atoms with van der Waals surface area (Å²) in [4.78, 5) is 11.6. The van der Waals surface area contributed by atoms with Crippen LogP contribution in [0.1, 0.15) is 15.9 Å². The molecule has 0 radical (unpaired) electrons. The van der Waals surface area contributed by atoms with E-state index < -0.39 is 5.97 Å². The number of fused-ring (bicyclic) bond motifs is 1. The Morgan fingerprint density at radius 1 is 0.871 bits per heavy atom. The summed E-state index contributed by atoms with van der Waals surface area (Å²) in [5, 5.41) is 11.9. The summed E-state index contributed by atoms with van der Waals surface area (Å²) < 4.78 is 19.0. The minimum Gasteiger partial charge on any atom is -0.489 e. The molecule has 4 heteroatoms. The van der Waals surface area contributed by atoms with Crippen LogP contribution in [-0.2, 0) is 6.42 Å². The Balaban J connectivity index is 1.47. The second-order valence-electron chi connectivity index (χ2n) is 7.15. The average molecular weight is 412 g/mol. The van der Waals surface area contributed by atoms with Crippen molar-refractivity contribution >= 4 is 16.7 Å². The zero-order valence-corrected chi connectivity index (χ0v) is 16.8. The first-order valence-corrected chi connectivity index (χ1v) is 9.99. The number of ether oxygens (including phenoxy) is 1. The van der Waals surface area contributed by atoms with E-state index in [0.717, 1.165) is 17.5 Å². The number of hydrogen-bond acceptors (Lipinski definition) is 2. The average Bonchev–Trinajstić information content (AvgIpc) is 2.79. The van der Waals surface area contributed by atoms with E-state index in [-0.39, 0.29) is 23.7 Å². The minimum atomic E-state index is -1.06. The second-order valence-corrected chi connectivity index (χ2v) is 7.15. The topological polar surface area (TPSA) is 46.5 Å². The third kappa shape index (κ3) is 4.81. The van der Waals surface area contributed by atoms with Gasteiger partial charge in [0, 0.05) is 0 Å². The summed E-state index contributed by atoms with van der Waals surface area (Å²) in [5.74, 6) is -1.09. The monoisotopic (exact) mass is 412 g/mol. The lowest BCUT2D eigenvalue weighted by Gasteiger charge is -2.10. The molecule has 0 amide bonds. The first-order chi connectivity index (χ1) is 15.1. The Morgan fingerprint density at radius 3 is 2.42 bits per heavy atom. The van der Waals surface area contributed by atoms with Gasteiger partial charge in [-0.3, -0.25) is 0 Å². The number of benzene rings is 4. The molecule has 0 saturated carbocycles. The van der Waals surface area contributed by atoms with Crippen LogP contribution in [0, 0.1) is 5.82 Å². The maximum Gasteiger partial charge on any atom is 0.339 e. The molecule has 3 nitrogen and oxygen atoms in total. The van der Waals surface area contributed by atoms with Crippen molar-refractivity contribution in [3.8, 4) is 16.9 Å². The van der Waals surface area contributed by atoms with Crippen LogP contribution in [0.3, 0.4) is 0 Å². The fourth-order valence-corrected chi connectivity index (χ4v) is 3.53. The molecule has 0 bridgehead atoms. The normalized spacial score (nSPS) is 11.1. The molecule has 4 aromatic rings. The number of carboxylic acids is 1. The quantitative estimate of drug-likeness (QED) is 0.351. The van der Waals surface area contributed by atoms with E-state index in [2.05, 4.69) is 24.3 Å². The molecular formula is C27H21FO3. The van der Waals surface area contributed by atoms with Gasteiger partial charge in [0.05, 0.1) is 0 Å². The van der Waals surface area contributed by atoms with Gasteiger partial charge >= 0.3 is 5.97 Å². The van der Waals surface area contributed by atoms with Crippen molar-refractivity contribution in [2.45, 2.75) is 6.42 Å². The van der Waals surface area contributed by atoms with Gasteiger partial charge in [-0.15, -0.1) is 0 Å². The van der Waals surface area contributed by atoms with Crippen LogP contribution in [0.25, 0.3) is 21.9 Å². The highest BCUT2D eigenvalue weighted by Gasteiger charge is 2.12. The highest BCUT2D eigenvalue weighted by Crippen LogP contribution is 2.28. The first-order valence-electron chi connectivity index (χ1n) is 9.99. The van der Waals surface area contributed by atoms with Crippen LogP contribution >= 0.6 is 0 Å². The molecule has 0 heterocycles. The predicted molar refractivity (Wildman–Crippen MR) is 121 cm³/mol. The van der Waals surface area contributed by atoms with Crippen LogP contribution in [0.15, 0.2) is 97.1 Å². The van der Waals surface area contributed by atoms with Crippen LogP contribution < -0.4 is 4.74 Å². The van der Waals surface area contributed by atoms with Gasteiger partial charge < -0.3 is 9.84 Å². The number of hydrogen-bond donors (Lipinski definition) is 1. The molecule has 0 fully saturated rings. The maximum absolute atomic E-state index is 13.2. The third-order valence-electron chi connectivity index (χ3n) is 5.11. The van der Waals surface area contributed by atoms with Crippen molar-refractivity contribution in [1.82, 2.24) is 0 Å². The Morgan fingerprint density at radius 2 is 1.61 bits per heavy atom. The molecule has 154 valence electrons. The fraction of sp³-hybridized carbons (Fsp3) is 0.0741. The van der Waals surface area contributed by atoms with Crippen molar-refractivity contribution in [3.63, 3.8) is 0 Å². The number of carbonyl (C=O) groups is 1. The number of carboxylic acid groups (broad SMARTS) is 1. The Labute approximate surface area is 180 Å². The molecule has 0 atom stereocenters. The van der Waals surface area contributed by atoms with Gasteiger partial charge in [-0.1, -0.05) is 72.8 Å². The zero-order chi connectivity index (χ0) is 21.6. The molecule has 4 aromatic carbocycles. The van der Waals surface area contributed by atoms with E-state index in [0.29, 0.717) is 0 Å². The van der Waals surface area contributed by atoms with Gasteiger partial charge in [-0.05, 0) is 58.1 Å². The molecule has 0 spiro atoms. The highest BCUT2D eigenvalue weighted by molar-refractivity contribution is 5.92. The van der Waals surface area contributed by atoms with Gasteiger partial charge in [-0.25, -0.2) is 9.18 Å². The zero-order valence-electron chi connectivity index (χ0n) is 16.8. The van der Waals surface area contributed by atoms with Gasteiger partial charge in [0.1, 0.15) is 23.7 Å². The number of aromatic carboxylic acids is 1. The molecule has 4 rings (SSSR count). The molecule has 0 aliphatic rings. The maximum atomic E-state index is 13.2. The van der Waals surface area contributed by atoms with Gasteiger partial charge in [0.15, 0.2) is 0 Å². The van der Waals surface area contributed by atoms with Crippen LogP contribution in [0.4, 0.5) is 4.39 Å². The van der Waals surface area contributed by atoms with Crippen LogP contribution in [-0.4, -0.2) is 17.7 Å². The molecule has 0 aliphatic heterocycles. The van der Waals surface area contributed by atoms with Crippen LogP contribution in [0.5, 0.6) is 5.75 Å².